The third-order valence-electron chi connectivity index (χ3n) is 4.62. The molecular weight excluding hydrogens is 264 g/mol. The maximum atomic E-state index is 6.21. The number of methoxy groups -OCH3 is 2. The molecule has 0 N–H and O–H groups in total. The van der Waals surface area contributed by atoms with E-state index in [9.17, 15) is 0 Å². The van der Waals surface area contributed by atoms with Gasteiger partial charge in [-0.1, -0.05) is 6.07 Å². The van der Waals surface area contributed by atoms with E-state index in [4.69, 9.17) is 14.2 Å². The zero-order valence-corrected chi connectivity index (χ0v) is 12.3. The molecule has 0 radical (unpaired) electrons. The second-order valence-electron chi connectivity index (χ2n) is 5.65. The van der Waals surface area contributed by atoms with Crippen LogP contribution in [0.4, 0.5) is 0 Å². The molecule has 0 bridgehead atoms. The second-order valence-corrected chi connectivity index (χ2v) is 5.65. The molecule has 2 aromatic carbocycles. The Bertz CT molecular complexity index is 693. The van der Waals surface area contributed by atoms with Crippen molar-refractivity contribution in [2.75, 3.05) is 14.2 Å². The Morgan fingerprint density at radius 3 is 2.52 bits per heavy atom. The summed E-state index contributed by atoms with van der Waals surface area (Å²) in [5, 5.41) is 0. The van der Waals surface area contributed by atoms with Crippen LogP contribution < -0.4 is 14.2 Å². The zero-order chi connectivity index (χ0) is 14.4. The maximum absolute atomic E-state index is 6.21. The van der Waals surface area contributed by atoms with Crippen LogP contribution in [0.5, 0.6) is 17.2 Å². The number of benzene rings is 2. The Hall–Kier alpha value is -2.16. The van der Waals surface area contributed by atoms with Crippen LogP contribution in [-0.2, 0) is 6.42 Å². The molecule has 2 unspecified atom stereocenters. The summed E-state index contributed by atoms with van der Waals surface area (Å²) >= 11 is 0. The first-order chi connectivity index (χ1) is 10.3. The summed E-state index contributed by atoms with van der Waals surface area (Å²) < 4.78 is 16.9. The molecule has 3 nitrogen and oxygen atoms in total. The van der Waals surface area contributed by atoms with Gasteiger partial charge < -0.3 is 14.2 Å². The van der Waals surface area contributed by atoms with Crippen LogP contribution in [0.25, 0.3) is 0 Å². The first kappa shape index (κ1) is 12.6. The van der Waals surface area contributed by atoms with E-state index in [0.29, 0.717) is 5.92 Å². The molecule has 0 spiro atoms. The quantitative estimate of drug-likeness (QED) is 0.837. The molecule has 0 saturated heterocycles. The second kappa shape index (κ2) is 4.69. The average Bonchev–Trinajstić information content (AvgIpc) is 2.92. The van der Waals surface area contributed by atoms with Gasteiger partial charge in [-0.3, -0.25) is 0 Å². The van der Waals surface area contributed by atoms with Crippen LogP contribution >= 0.6 is 0 Å². The van der Waals surface area contributed by atoms with Gasteiger partial charge >= 0.3 is 0 Å². The lowest BCUT2D eigenvalue weighted by Gasteiger charge is -2.27. The number of hydrogen-bond acceptors (Lipinski definition) is 3. The number of ether oxygens (including phenoxy) is 3. The van der Waals surface area contributed by atoms with Crippen LogP contribution in [0, 0.1) is 0 Å². The van der Waals surface area contributed by atoms with Gasteiger partial charge in [0.25, 0.3) is 0 Å². The molecule has 1 aliphatic carbocycles. The lowest BCUT2D eigenvalue weighted by molar-refractivity contribution is 0.195. The Labute approximate surface area is 124 Å². The summed E-state index contributed by atoms with van der Waals surface area (Å²) in [5.41, 5.74) is 3.92. The van der Waals surface area contributed by atoms with Gasteiger partial charge in [0.15, 0.2) is 0 Å². The molecule has 1 heterocycles. The SMILES string of the molecule is COc1ccc2c(c1)CCC1c3cc(OC)ccc3OC21. The Morgan fingerprint density at radius 1 is 0.952 bits per heavy atom. The van der Waals surface area contributed by atoms with Crippen molar-refractivity contribution in [1.29, 1.82) is 0 Å². The Morgan fingerprint density at radius 2 is 1.71 bits per heavy atom. The lowest BCUT2D eigenvalue weighted by atomic mass is 9.79. The minimum Gasteiger partial charge on any atom is -0.497 e. The maximum Gasteiger partial charge on any atom is 0.131 e. The van der Waals surface area contributed by atoms with Crippen LogP contribution in [0.3, 0.4) is 0 Å². The van der Waals surface area contributed by atoms with E-state index in [-0.39, 0.29) is 6.10 Å². The largest absolute Gasteiger partial charge is 0.497 e. The normalized spacial score (nSPS) is 21.8. The van der Waals surface area contributed by atoms with Crippen molar-refractivity contribution in [2.24, 2.45) is 0 Å². The highest BCUT2D eigenvalue weighted by molar-refractivity contribution is 5.51. The molecule has 2 atom stereocenters. The molecule has 21 heavy (non-hydrogen) atoms. The predicted octanol–water partition coefficient (Wildman–Crippen LogP) is 3.87. The van der Waals surface area contributed by atoms with Crippen LogP contribution in [0.1, 0.15) is 35.1 Å². The molecule has 0 aromatic heterocycles. The third-order valence-corrected chi connectivity index (χ3v) is 4.62. The number of rotatable bonds is 2. The van der Waals surface area contributed by atoms with E-state index < -0.39 is 0 Å². The first-order valence-electron chi connectivity index (χ1n) is 7.31. The third kappa shape index (κ3) is 1.88. The van der Waals surface area contributed by atoms with Gasteiger partial charge in [-0.15, -0.1) is 0 Å². The van der Waals surface area contributed by atoms with Crippen molar-refractivity contribution < 1.29 is 14.2 Å². The van der Waals surface area contributed by atoms with Crippen molar-refractivity contribution in [3.63, 3.8) is 0 Å². The Kier molecular flexibility index (Phi) is 2.81. The highest BCUT2D eigenvalue weighted by atomic mass is 16.5. The molecular formula is C18H18O3. The number of aryl methyl sites for hydroxylation is 1. The molecule has 3 heteroatoms. The monoisotopic (exact) mass is 282 g/mol. The smallest absolute Gasteiger partial charge is 0.131 e. The fraction of sp³-hybridized carbons (Fsp3) is 0.333. The van der Waals surface area contributed by atoms with Crippen LogP contribution in [-0.4, -0.2) is 14.2 Å². The summed E-state index contributed by atoms with van der Waals surface area (Å²) in [7, 11) is 3.42. The molecule has 0 fully saturated rings. The summed E-state index contributed by atoms with van der Waals surface area (Å²) in [4.78, 5) is 0. The average molecular weight is 282 g/mol. The molecule has 2 aromatic rings. The standard InChI is InChI=1S/C18H18O3/c1-19-12-4-7-14-11(9-12)3-6-15-16-10-13(20-2)5-8-17(16)21-18(14)15/h4-5,7-10,15,18H,3,6H2,1-2H3. The van der Waals surface area contributed by atoms with Gasteiger partial charge in [0.1, 0.15) is 23.4 Å². The van der Waals surface area contributed by atoms with Gasteiger partial charge in [-0.25, -0.2) is 0 Å². The number of fused-ring (bicyclic) bond motifs is 5. The molecule has 0 amide bonds. The van der Waals surface area contributed by atoms with E-state index >= 15 is 0 Å². The van der Waals surface area contributed by atoms with Crippen LogP contribution in [0.15, 0.2) is 36.4 Å². The van der Waals surface area contributed by atoms with Crippen molar-refractivity contribution in [1.82, 2.24) is 0 Å². The molecule has 0 saturated carbocycles. The van der Waals surface area contributed by atoms with Crippen molar-refractivity contribution in [3.05, 3.63) is 53.1 Å². The summed E-state index contributed by atoms with van der Waals surface area (Å²) in [6.45, 7) is 0. The van der Waals surface area contributed by atoms with Gasteiger partial charge in [-0.05, 0) is 54.3 Å². The van der Waals surface area contributed by atoms with E-state index in [1.54, 1.807) is 14.2 Å². The van der Waals surface area contributed by atoms with Gasteiger partial charge in [-0.2, -0.15) is 0 Å². The van der Waals surface area contributed by atoms with Gasteiger partial charge in [0.2, 0.25) is 0 Å². The minimum atomic E-state index is 0.127. The summed E-state index contributed by atoms with van der Waals surface area (Å²) in [6, 6.07) is 12.4. The predicted molar refractivity (Wildman–Crippen MR) is 80.4 cm³/mol. The van der Waals surface area contributed by atoms with Crippen molar-refractivity contribution in [3.8, 4) is 17.2 Å². The molecule has 1 aliphatic heterocycles. The van der Waals surface area contributed by atoms with E-state index in [1.807, 2.05) is 18.2 Å². The molecule has 2 aliphatic rings. The van der Waals surface area contributed by atoms with E-state index in [0.717, 1.165) is 30.1 Å². The molecule has 108 valence electrons. The van der Waals surface area contributed by atoms with Crippen molar-refractivity contribution >= 4 is 0 Å². The Balaban J connectivity index is 1.75. The van der Waals surface area contributed by atoms with E-state index in [1.165, 1.54) is 16.7 Å². The summed E-state index contributed by atoms with van der Waals surface area (Å²) in [5.74, 6) is 3.24. The lowest BCUT2D eigenvalue weighted by Crippen LogP contribution is -2.18. The van der Waals surface area contributed by atoms with E-state index in [2.05, 4.69) is 18.2 Å². The highest BCUT2D eigenvalue weighted by Gasteiger charge is 2.39. The topological polar surface area (TPSA) is 27.7 Å². The minimum absolute atomic E-state index is 0.127. The molecule has 4 rings (SSSR count). The number of hydrogen-bond donors (Lipinski definition) is 0. The van der Waals surface area contributed by atoms with Gasteiger partial charge in [0.05, 0.1) is 14.2 Å². The first-order valence-corrected chi connectivity index (χ1v) is 7.31. The van der Waals surface area contributed by atoms with Crippen LogP contribution in [0.2, 0.25) is 0 Å². The summed E-state index contributed by atoms with van der Waals surface area (Å²) in [6.07, 6.45) is 2.29. The zero-order valence-electron chi connectivity index (χ0n) is 12.3. The fourth-order valence-electron chi connectivity index (χ4n) is 3.53. The highest BCUT2D eigenvalue weighted by Crippen LogP contribution is 2.52. The fourth-order valence-corrected chi connectivity index (χ4v) is 3.53. The van der Waals surface area contributed by atoms with Crippen molar-refractivity contribution in [2.45, 2.75) is 24.9 Å². The van der Waals surface area contributed by atoms with Gasteiger partial charge in [0, 0.05) is 11.5 Å².